The molecule has 3 aromatic rings. The first kappa shape index (κ1) is 30.7. The number of aromatic nitrogens is 2. The zero-order valence-corrected chi connectivity index (χ0v) is 25.4. The number of benzene rings is 1. The Balaban J connectivity index is 0.00000198. The number of anilines is 3. The fraction of sp³-hybridized carbons (Fsp3) is 0.441. The molecule has 2 N–H and O–H groups in total. The molecule has 5 rings (SSSR count). The van der Waals surface area contributed by atoms with E-state index in [1.807, 2.05) is 62.5 Å². The van der Waals surface area contributed by atoms with Crippen molar-refractivity contribution in [3.8, 4) is 17.2 Å². The van der Waals surface area contributed by atoms with Crippen molar-refractivity contribution >= 4 is 29.0 Å². The normalized spacial score (nSPS) is 16.3. The Labute approximate surface area is 249 Å². The molecule has 0 amide bonds. The molecular weight excluding hydrogens is 524 g/mol. The first-order chi connectivity index (χ1) is 20.3. The Morgan fingerprint density at radius 2 is 1.83 bits per heavy atom. The third-order valence-corrected chi connectivity index (χ3v) is 7.88. The molecule has 0 atom stereocenters. The molecule has 0 bridgehead atoms. The van der Waals surface area contributed by atoms with E-state index < -0.39 is 5.97 Å². The van der Waals surface area contributed by atoms with Crippen LogP contribution in [0.15, 0.2) is 54.7 Å². The summed E-state index contributed by atoms with van der Waals surface area (Å²) in [7, 11) is 0. The van der Waals surface area contributed by atoms with Gasteiger partial charge in [0.05, 0.1) is 12.7 Å². The van der Waals surface area contributed by atoms with Gasteiger partial charge in [-0.25, -0.2) is 14.8 Å². The van der Waals surface area contributed by atoms with Crippen LogP contribution in [0, 0.1) is 34.0 Å². The monoisotopic (exact) mass is 566 g/mol. The Morgan fingerprint density at radius 3 is 2.40 bits per heavy atom. The highest BCUT2D eigenvalue weighted by Gasteiger charge is 2.40. The van der Waals surface area contributed by atoms with Gasteiger partial charge in [-0.05, 0) is 73.9 Å². The molecule has 0 radical (unpaired) electrons. The lowest BCUT2D eigenvalue weighted by Gasteiger charge is -2.43. The van der Waals surface area contributed by atoms with E-state index in [0.717, 1.165) is 61.4 Å². The van der Waals surface area contributed by atoms with Crippen LogP contribution in [0.2, 0.25) is 0 Å². The van der Waals surface area contributed by atoms with Crippen molar-refractivity contribution in [3.63, 3.8) is 0 Å². The van der Waals surface area contributed by atoms with Gasteiger partial charge in [0.2, 0.25) is 0 Å². The molecule has 220 valence electrons. The summed E-state index contributed by atoms with van der Waals surface area (Å²) < 4.78 is 5.32. The zero-order chi connectivity index (χ0) is 30.3. The molecule has 1 aliphatic carbocycles. The van der Waals surface area contributed by atoms with E-state index in [1.165, 1.54) is 0 Å². The second kappa shape index (κ2) is 13.6. The molecule has 0 unspecified atom stereocenters. The number of carbonyl (C=O) groups excluding carboxylic acids is 1. The topological polar surface area (TPSA) is 115 Å². The van der Waals surface area contributed by atoms with Crippen LogP contribution in [0.3, 0.4) is 0 Å². The molecule has 1 aliphatic heterocycles. The van der Waals surface area contributed by atoms with Crippen molar-refractivity contribution in [3.05, 3.63) is 66.0 Å². The third-order valence-electron chi connectivity index (χ3n) is 7.88. The molecular formula is C34H42N6O2. The number of hydrogen-bond donors (Lipinski definition) is 2. The number of nitriles is 1. The molecule has 42 heavy (non-hydrogen) atoms. The van der Waals surface area contributed by atoms with Gasteiger partial charge in [0.1, 0.15) is 11.6 Å². The first-order valence-corrected chi connectivity index (χ1v) is 15.0. The first-order valence-electron chi connectivity index (χ1n) is 15.0. The van der Waals surface area contributed by atoms with Gasteiger partial charge in [0, 0.05) is 53.6 Å². The van der Waals surface area contributed by atoms with E-state index in [-0.39, 0.29) is 29.6 Å². The minimum atomic E-state index is -0.507. The maximum Gasteiger partial charge on any atom is 0.357 e. The summed E-state index contributed by atoms with van der Waals surface area (Å²) in [5, 5.41) is 21.9. The molecule has 2 fully saturated rings. The summed E-state index contributed by atoms with van der Waals surface area (Å²) in [6, 6.07) is 17.8. The Kier molecular flexibility index (Phi) is 9.95. The van der Waals surface area contributed by atoms with E-state index in [1.54, 1.807) is 13.0 Å². The molecule has 1 aromatic carbocycles. The summed E-state index contributed by atoms with van der Waals surface area (Å²) in [5.74, 6) is 1.03. The summed E-state index contributed by atoms with van der Waals surface area (Å²) in [4.78, 5) is 24.6. The average Bonchev–Trinajstić information content (AvgIpc) is 3.01. The van der Waals surface area contributed by atoms with Crippen molar-refractivity contribution in [2.45, 2.75) is 60.3 Å². The summed E-state index contributed by atoms with van der Waals surface area (Å²) in [6.07, 6.45) is 5.32. The fourth-order valence-electron chi connectivity index (χ4n) is 5.76. The molecule has 1 saturated heterocycles. The van der Waals surface area contributed by atoms with E-state index in [0.29, 0.717) is 17.1 Å². The number of nitrogens with one attached hydrogen (secondary N) is 2. The van der Waals surface area contributed by atoms with Gasteiger partial charge in [0.25, 0.3) is 0 Å². The van der Waals surface area contributed by atoms with Crippen LogP contribution in [0.4, 0.5) is 17.3 Å². The van der Waals surface area contributed by atoms with Crippen molar-refractivity contribution in [1.82, 2.24) is 9.97 Å². The number of esters is 1. The second-order valence-electron chi connectivity index (χ2n) is 11.5. The quantitative estimate of drug-likeness (QED) is 0.213. The van der Waals surface area contributed by atoms with E-state index in [4.69, 9.17) is 14.7 Å². The fourth-order valence-corrected chi connectivity index (χ4v) is 5.76. The number of pyridine rings is 2. The van der Waals surface area contributed by atoms with Crippen molar-refractivity contribution in [1.29, 1.82) is 10.7 Å². The lowest BCUT2D eigenvalue weighted by Crippen LogP contribution is -2.37. The van der Waals surface area contributed by atoms with Crippen molar-refractivity contribution in [2.75, 3.05) is 29.9 Å². The molecule has 2 aliphatic rings. The summed E-state index contributed by atoms with van der Waals surface area (Å²) >= 11 is 0. The smallest absolute Gasteiger partial charge is 0.357 e. The van der Waals surface area contributed by atoms with Crippen LogP contribution in [0.1, 0.15) is 76.4 Å². The Bertz CT molecular complexity index is 1410. The second-order valence-corrected chi connectivity index (χ2v) is 11.5. The SMILES string of the molecule is CC.CCOC(=O)c1cc(-c2ccc(N3CCC(C#N)CC3)nc2)c(C(=N)C2CC(C)(C)C2)c(Nc2ccccc2)n1. The highest BCUT2D eigenvalue weighted by atomic mass is 16.5. The minimum Gasteiger partial charge on any atom is -0.461 e. The van der Waals surface area contributed by atoms with Crippen LogP contribution in [0.5, 0.6) is 0 Å². The number of piperidine rings is 1. The standard InChI is InChI=1S/C32H36N6O2.C2H6/c1-4-40-31(39)26-16-25(22-10-11-27(35-20-22)38-14-12-21(19-33)13-15-38)28(29(34)23-17-32(2,3)18-23)30(37-26)36-24-8-6-5-7-9-24;1-2/h5-11,16,20-21,23,34H,4,12-15,17-18H2,1-3H3,(H,36,37);1-2H3. The predicted octanol–water partition coefficient (Wildman–Crippen LogP) is 7.63. The minimum absolute atomic E-state index is 0.106. The van der Waals surface area contributed by atoms with E-state index in [2.05, 4.69) is 30.1 Å². The van der Waals surface area contributed by atoms with Crippen molar-refractivity contribution in [2.24, 2.45) is 17.3 Å². The average molecular weight is 567 g/mol. The molecule has 8 nitrogen and oxygen atoms in total. The van der Waals surface area contributed by atoms with Crippen LogP contribution in [-0.2, 0) is 4.74 Å². The number of ether oxygens (including phenoxy) is 1. The van der Waals surface area contributed by atoms with Gasteiger partial charge in [-0.2, -0.15) is 5.26 Å². The summed E-state index contributed by atoms with van der Waals surface area (Å²) in [6.45, 7) is 12.1. The highest BCUT2D eigenvalue weighted by Crippen LogP contribution is 2.47. The van der Waals surface area contributed by atoms with Crippen LogP contribution >= 0.6 is 0 Å². The Hall–Kier alpha value is -4.25. The molecule has 3 heterocycles. The van der Waals surface area contributed by atoms with E-state index >= 15 is 0 Å². The largest absolute Gasteiger partial charge is 0.461 e. The zero-order valence-electron chi connectivity index (χ0n) is 25.4. The van der Waals surface area contributed by atoms with Gasteiger partial charge >= 0.3 is 5.97 Å². The molecule has 8 heteroatoms. The van der Waals surface area contributed by atoms with Crippen LogP contribution in [-0.4, -0.2) is 41.3 Å². The molecule has 2 aromatic heterocycles. The highest BCUT2D eigenvalue weighted by molar-refractivity contribution is 6.11. The van der Waals surface area contributed by atoms with Crippen LogP contribution in [0.25, 0.3) is 11.1 Å². The van der Waals surface area contributed by atoms with Gasteiger partial charge < -0.3 is 20.4 Å². The lowest BCUT2D eigenvalue weighted by molar-refractivity contribution is 0.0519. The Morgan fingerprint density at radius 1 is 1.14 bits per heavy atom. The maximum atomic E-state index is 12.9. The predicted molar refractivity (Wildman–Crippen MR) is 168 cm³/mol. The third kappa shape index (κ3) is 6.96. The van der Waals surface area contributed by atoms with Crippen LogP contribution < -0.4 is 10.2 Å². The van der Waals surface area contributed by atoms with Gasteiger partial charge in [-0.15, -0.1) is 0 Å². The summed E-state index contributed by atoms with van der Waals surface area (Å²) in [5.41, 5.74) is 3.93. The van der Waals surface area contributed by atoms with Gasteiger partial charge in [-0.1, -0.05) is 45.9 Å². The number of carbonyl (C=O) groups is 1. The maximum absolute atomic E-state index is 12.9. The van der Waals surface area contributed by atoms with Crippen molar-refractivity contribution < 1.29 is 9.53 Å². The number of hydrogen-bond acceptors (Lipinski definition) is 8. The van der Waals surface area contributed by atoms with E-state index in [9.17, 15) is 15.5 Å². The number of rotatable bonds is 8. The lowest BCUT2D eigenvalue weighted by atomic mass is 9.62. The van der Waals surface area contributed by atoms with Gasteiger partial charge in [0.15, 0.2) is 5.69 Å². The molecule has 1 saturated carbocycles. The molecule has 0 spiro atoms. The van der Waals surface area contributed by atoms with Gasteiger partial charge in [-0.3, -0.25) is 0 Å². The number of para-hydroxylation sites is 1. The number of nitrogens with zero attached hydrogens (tertiary/aromatic N) is 4.